The molecular formula is C13H21N5O2. The van der Waals surface area contributed by atoms with Gasteiger partial charge in [0.05, 0.1) is 7.11 Å². The summed E-state index contributed by atoms with van der Waals surface area (Å²) in [4.78, 5) is 14.2. The Kier molecular flexibility index (Phi) is 3.29. The summed E-state index contributed by atoms with van der Waals surface area (Å²) in [6, 6.07) is 0.390. The van der Waals surface area contributed by atoms with Crippen LogP contribution >= 0.6 is 0 Å². The number of fused-ring (bicyclic) bond motifs is 1. The van der Waals surface area contributed by atoms with Crippen LogP contribution in [-0.2, 0) is 11.8 Å². The molecule has 3 heterocycles. The van der Waals surface area contributed by atoms with Gasteiger partial charge < -0.3 is 20.7 Å². The third kappa shape index (κ3) is 1.93. The third-order valence-corrected chi connectivity index (χ3v) is 4.41. The lowest BCUT2D eigenvalue weighted by atomic mass is 9.92. The molecule has 2 unspecified atom stereocenters. The molecule has 3 rings (SSSR count). The van der Waals surface area contributed by atoms with Crippen molar-refractivity contribution < 1.29 is 9.53 Å². The molecule has 2 fully saturated rings. The zero-order valence-corrected chi connectivity index (χ0v) is 11.9. The van der Waals surface area contributed by atoms with Gasteiger partial charge in [-0.1, -0.05) is 0 Å². The van der Waals surface area contributed by atoms with Crippen molar-refractivity contribution in [1.29, 1.82) is 0 Å². The van der Waals surface area contributed by atoms with E-state index in [1.54, 1.807) is 11.7 Å². The topological polar surface area (TPSA) is 85.4 Å². The Labute approximate surface area is 118 Å². The van der Waals surface area contributed by atoms with E-state index < -0.39 is 5.97 Å². The number of carbonyl (C=O) groups is 1. The summed E-state index contributed by atoms with van der Waals surface area (Å²) in [6.07, 6.45) is 2.34. The molecule has 0 aromatic carbocycles. The first-order chi connectivity index (χ1) is 9.63. The van der Waals surface area contributed by atoms with Gasteiger partial charge >= 0.3 is 5.97 Å². The van der Waals surface area contributed by atoms with Crippen LogP contribution < -0.4 is 16.0 Å². The fourth-order valence-corrected chi connectivity index (χ4v) is 3.35. The van der Waals surface area contributed by atoms with Crippen LogP contribution in [0.3, 0.4) is 0 Å². The minimum absolute atomic E-state index is 0.361. The van der Waals surface area contributed by atoms with Gasteiger partial charge in [0.25, 0.3) is 0 Å². The number of hydrogen-bond acceptors (Lipinski definition) is 6. The number of nitrogens with one attached hydrogen (secondary N) is 1. The summed E-state index contributed by atoms with van der Waals surface area (Å²) in [5, 5.41) is 7.88. The number of methoxy groups -OCH3 is 1. The number of nitrogen functional groups attached to an aromatic ring is 1. The SMILES string of the molecule is COC(=O)c1c(N2CCCC3CNCC32)nn(C)c1N. The Bertz CT molecular complexity index is 527. The largest absolute Gasteiger partial charge is 0.465 e. The van der Waals surface area contributed by atoms with E-state index in [0.717, 1.165) is 26.1 Å². The van der Waals surface area contributed by atoms with Gasteiger partial charge in [-0.3, -0.25) is 4.68 Å². The zero-order chi connectivity index (χ0) is 14.3. The molecule has 110 valence electrons. The fourth-order valence-electron chi connectivity index (χ4n) is 3.35. The Hall–Kier alpha value is -1.76. The Balaban J connectivity index is 2.00. The van der Waals surface area contributed by atoms with Crippen molar-refractivity contribution in [1.82, 2.24) is 15.1 Å². The van der Waals surface area contributed by atoms with Crippen molar-refractivity contribution in [2.45, 2.75) is 18.9 Å². The molecule has 1 aromatic heterocycles. The van der Waals surface area contributed by atoms with E-state index in [1.165, 1.54) is 13.5 Å². The molecule has 7 heteroatoms. The molecular weight excluding hydrogens is 258 g/mol. The molecule has 20 heavy (non-hydrogen) atoms. The number of nitrogens with zero attached hydrogens (tertiary/aromatic N) is 3. The number of hydrogen-bond donors (Lipinski definition) is 2. The lowest BCUT2D eigenvalue weighted by molar-refractivity contribution is 0.0602. The molecule has 0 amide bonds. The van der Waals surface area contributed by atoms with E-state index in [0.29, 0.717) is 29.2 Å². The second kappa shape index (κ2) is 4.97. The molecule has 0 aliphatic carbocycles. The number of rotatable bonds is 2. The molecule has 0 saturated carbocycles. The molecule has 1 aromatic rings. The van der Waals surface area contributed by atoms with E-state index in [4.69, 9.17) is 10.5 Å². The summed E-state index contributed by atoms with van der Waals surface area (Å²) >= 11 is 0. The fraction of sp³-hybridized carbons (Fsp3) is 0.692. The Morgan fingerprint density at radius 3 is 3.05 bits per heavy atom. The van der Waals surface area contributed by atoms with Crippen LogP contribution in [0.15, 0.2) is 0 Å². The van der Waals surface area contributed by atoms with Gasteiger partial charge in [-0.2, -0.15) is 5.10 Å². The Morgan fingerprint density at radius 1 is 1.50 bits per heavy atom. The third-order valence-electron chi connectivity index (χ3n) is 4.41. The maximum Gasteiger partial charge on any atom is 0.345 e. The monoisotopic (exact) mass is 279 g/mol. The van der Waals surface area contributed by atoms with E-state index in [2.05, 4.69) is 15.3 Å². The summed E-state index contributed by atoms with van der Waals surface area (Å²) in [5.74, 6) is 1.23. The van der Waals surface area contributed by atoms with Crippen LogP contribution in [0.4, 0.5) is 11.6 Å². The number of carbonyl (C=O) groups excluding carboxylic acids is 1. The van der Waals surface area contributed by atoms with Crippen LogP contribution in [0.5, 0.6) is 0 Å². The molecule has 0 bridgehead atoms. The normalized spacial score (nSPS) is 25.6. The standard InChI is InChI=1S/C13H21N5O2/c1-17-11(14)10(13(19)20-2)12(16-17)18-5-3-4-8-6-15-7-9(8)18/h8-9,15H,3-7,14H2,1-2H3. The van der Waals surface area contributed by atoms with Gasteiger partial charge in [-0.25, -0.2) is 4.79 Å². The number of ether oxygens (including phenoxy) is 1. The van der Waals surface area contributed by atoms with Crippen molar-refractivity contribution >= 4 is 17.6 Å². The van der Waals surface area contributed by atoms with Crippen molar-refractivity contribution in [3.8, 4) is 0 Å². The first kappa shape index (κ1) is 13.2. The van der Waals surface area contributed by atoms with Gasteiger partial charge in [-0.05, 0) is 18.8 Å². The molecule has 7 nitrogen and oxygen atoms in total. The highest BCUT2D eigenvalue weighted by Crippen LogP contribution is 2.34. The molecule has 0 spiro atoms. The quantitative estimate of drug-likeness (QED) is 0.740. The predicted molar refractivity (Wildman–Crippen MR) is 75.7 cm³/mol. The zero-order valence-electron chi connectivity index (χ0n) is 11.9. The van der Waals surface area contributed by atoms with Crippen molar-refractivity contribution in [2.75, 3.05) is 37.4 Å². The lowest BCUT2D eigenvalue weighted by Crippen LogP contribution is -2.46. The van der Waals surface area contributed by atoms with E-state index in [1.807, 2.05) is 0 Å². The minimum Gasteiger partial charge on any atom is -0.465 e. The molecule has 2 aliphatic heterocycles. The number of nitrogens with two attached hydrogens (primary N) is 1. The van der Waals surface area contributed by atoms with Gasteiger partial charge in [0, 0.05) is 32.7 Å². The highest BCUT2D eigenvalue weighted by atomic mass is 16.5. The minimum atomic E-state index is -0.418. The maximum atomic E-state index is 12.0. The second-order valence-corrected chi connectivity index (χ2v) is 5.52. The van der Waals surface area contributed by atoms with Crippen molar-refractivity contribution in [3.05, 3.63) is 5.56 Å². The van der Waals surface area contributed by atoms with Gasteiger partial charge in [0.2, 0.25) is 0 Å². The molecule has 2 aliphatic rings. The molecule has 2 saturated heterocycles. The molecule has 2 atom stereocenters. The number of aryl methyl sites for hydroxylation is 1. The van der Waals surface area contributed by atoms with Crippen LogP contribution in [0, 0.1) is 5.92 Å². The van der Waals surface area contributed by atoms with Crippen LogP contribution in [0.2, 0.25) is 0 Å². The Morgan fingerprint density at radius 2 is 2.30 bits per heavy atom. The number of esters is 1. The highest BCUT2D eigenvalue weighted by Gasteiger charge is 2.38. The van der Waals surface area contributed by atoms with Gasteiger partial charge in [0.15, 0.2) is 5.82 Å². The van der Waals surface area contributed by atoms with Crippen molar-refractivity contribution in [3.63, 3.8) is 0 Å². The summed E-state index contributed by atoms with van der Waals surface area (Å²) in [5.41, 5.74) is 6.37. The molecule has 0 radical (unpaired) electrons. The van der Waals surface area contributed by atoms with Crippen molar-refractivity contribution in [2.24, 2.45) is 13.0 Å². The average molecular weight is 279 g/mol. The van der Waals surface area contributed by atoms with Gasteiger partial charge in [-0.15, -0.1) is 0 Å². The average Bonchev–Trinajstić information content (AvgIpc) is 3.03. The summed E-state index contributed by atoms with van der Waals surface area (Å²) in [7, 11) is 3.12. The summed E-state index contributed by atoms with van der Waals surface area (Å²) in [6.45, 7) is 2.88. The van der Waals surface area contributed by atoms with Gasteiger partial charge in [0.1, 0.15) is 11.4 Å². The van der Waals surface area contributed by atoms with E-state index in [9.17, 15) is 4.79 Å². The predicted octanol–water partition coefficient (Wildman–Crippen LogP) is -0.0229. The number of anilines is 2. The van der Waals surface area contributed by atoms with Crippen LogP contribution in [-0.4, -0.2) is 48.5 Å². The van der Waals surface area contributed by atoms with E-state index in [-0.39, 0.29) is 0 Å². The number of aromatic nitrogens is 2. The smallest absolute Gasteiger partial charge is 0.345 e. The first-order valence-electron chi connectivity index (χ1n) is 7.01. The number of piperidine rings is 1. The molecule has 3 N–H and O–H groups in total. The highest BCUT2D eigenvalue weighted by molar-refractivity contribution is 5.99. The summed E-state index contributed by atoms with van der Waals surface area (Å²) < 4.78 is 6.41. The van der Waals surface area contributed by atoms with E-state index >= 15 is 0 Å². The van der Waals surface area contributed by atoms with Crippen LogP contribution in [0.1, 0.15) is 23.2 Å². The first-order valence-corrected chi connectivity index (χ1v) is 7.01. The van der Waals surface area contributed by atoms with Crippen LogP contribution in [0.25, 0.3) is 0 Å². The lowest BCUT2D eigenvalue weighted by Gasteiger charge is -2.37. The maximum absolute atomic E-state index is 12.0. The second-order valence-electron chi connectivity index (χ2n) is 5.52.